The van der Waals surface area contributed by atoms with Crippen LogP contribution >= 0.6 is 0 Å². The van der Waals surface area contributed by atoms with Gasteiger partial charge < -0.3 is 34.8 Å². The fourth-order valence-corrected chi connectivity index (χ4v) is 2.60. The van der Waals surface area contributed by atoms with Crippen LogP contribution in [0.5, 0.6) is 0 Å². The maximum Gasteiger partial charge on any atom is 0.217 e. The van der Waals surface area contributed by atoms with Crippen LogP contribution in [0.15, 0.2) is 6.20 Å². The molecule has 1 amide bonds. The Hall–Kier alpha value is -1.63. The second-order valence-corrected chi connectivity index (χ2v) is 6.04. The number of hydrogen-bond donors (Lipinski definition) is 4. The molecule has 2 rings (SSSR count). The first kappa shape index (κ1) is 20.7. The van der Waals surface area contributed by atoms with Gasteiger partial charge in [0.2, 0.25) is 5.91 Å². The number of nitrogens with zero attached hydrogens (tertiary/aromatic N) is 3. The average Bonchev–Trinajstić information content (AvgIpc) is 3.01. The first-order valence-electron chi connectivity index (χ1n) is 8.38. The Morgan fingerprint density at radius 3 is 2.73 bits per heavy atom. The van der Waals surface area contributed by atoms with Crippen molar-refractivity contribution in [2.75, 3.05) is 26.4 Å². The monoisotopic (exact) mass is 374 g/mol. The molecule has 26 heavy (non-hydrogen) atoms. The fourth-order valence-electron chi connectivity index (χ4n) is 2.60. The lowest BCUT2D eigenvalue weighted by atomic mass is 9.97. The number of aromatic nitrogens is 3. The Labute approximate surface area is 150 Å². The van der Waals surface area contributed by atoms with E-state index in [2.05, 4.69) is 15.6 Å². The van der Waals surface area contributed by atoms with Gasteiger partial charge in [0.15, 0.2) is 6.29 Å². The third-order valence-electron chi connectivity index (χ3n) is 3.88. The summed E-state index contributed by atoms with van der Waals surface area (Å²) in [6.45, 7) is 3.99. The first-order valence-corrected chi connectivity index (χ1v) is 8.38. The predicted molar refractivity (Wildman–Crippen MR) is 86.9 cm³/mol. The van der Waals surface area contributed by atoms with Gasteiger partial charge in [0.25, 0.3) is 0 Å². The van der Waals surface area contributed by atoms with Crippen molar-refractivity contribution in [1.82, 2.24) is 20.3 Å². The van der Waals surface area contributed by atoms with Crippen molar-refractivity contribution in [2.24, 2.45) is 0 Å². The number of ether oxygens (including phenoxy) is 3. The van der Waals surface area contributed by atoms with E-state index in [1.807, 2.05) is 6.92 Å². The molecule has 2 heterocycles. The summed E-state index contributed by atoms with van der Waals surface area (Å²) in [4.78, 5) is 11.3. The number of hydrogen-bond acceptors (Lipinski definition) is 9. The number of rotatable bonds is 9. The van der Waals surface area contributed by atoms with Crippen LogP contribution in [-0.4, -0.2) is 93.3 Å². The van der Waals surface area contributed by atoms with E-state index in [9.17, 15) is 20.1 Å². The van der Waals surface area contributed by atoms with Crippen LogP contribution in [0.25, 0.3) is 0 Å². The molecular formula is C15H26N4O7. The molecule has 1 saturated heterocycles. The Morgan fingerprint density at radius 1 is 1.35 bits per heavy atom. The summed E-state index contributed by atoms with van der Waals surface area (Å²) in [6.07, 6.45) is -2.88. The number of aliphatic hydroxyl groups excluding tert-OH is 3. The molecule has 5 atom stereocenters. The molecule has 1 aromatic rings. The van der Waals surface area contributed by atoms with Gasteiger partial charge in [-0.05, 0) is 6.92 Å². The van der Waals surface area contributed by atoms with Crippen molar-refractivity contribution < 1.29 is 34.3 Å². The number of carbonyl (C=O) groups is 1. The summed E-state index contributed by atoms with van der Waals surface area (Å²) in [5.41, 5.74) is 0.825. The van der Waals surface area contributed by atoms with E-state index in [0.29, 0.717) is 13.2 Å². The maximum absolute atomic E-state index is 11.3. The van der Waals surface area contributed by atoms with Crippen LogP contribution in [0.1, 0.15) is 12.6 Å². The van der Waals surface area contributed by atoms with E-state index in [0.717, 1.165) is 5.69 Å². The van der Waals surface area contributed by atoms with E-state index >= 15 is 0 Å². The first-order chi connectivity index (χ1) is 12.4. The topological polar surface area (TPSA) is 148 Å². The minimum Gasteiger partial charge on any atom is -0.394 e. The van der Waals surface area contributed by atoms with E-state index in [-0.39, 0.29) is 13.2 Å². The van der Waals surface area contributed by atoms with Crippen molar-refractivity contribution in [3.05, 3.63) is 11.9 Å². The molecular weight excluding hydrogens is 348 g/mol. The summed E-state index contributed by atoms with van der Waals surface area (Å²) in [7, 11) is 0. The van der Waals surface area contributed by atoms with E-state index in [4.69, 9.17) is 14.2 Å². The zero-order valence-corrected chi connectivity index (χ0v) is 14.8. The van der Waals surface area contributed by atoms with Crippen LogP contribution in [0.2, 0.25) is 0 Å². The van der Waals surface area contributed by atoms with E-state index in [1.54, 1.807) is 10.9 Å². The number of aliphatic hydroxyl groups is 3. The molecule has 0 saturated carbocycles. The minimum atomic E-state index is -1.33. The van der Waals surface area contributed by atoms with Crippen LogP contribution in [-0.2, 0) is 25.5 Å². The molecule has 4 N–H and O–H groups in total. The third-order valence-corrected chi connectivity index (χ3v) is 3.88. The fraction of sp³-hybridized carbons (Fsp3) is 0.800. The smallest absolute Gasteiger partial charge is 0.217 e. The molecule has 0 radical (unpaired) electrons. The lowest BCUT2D eigenvalue weighted by molar-refractivity contribution is -0.272. The molecule has 1 aliphatic rings. The number of amides is 1. The van der Waals surface area contributed by atoms with Crippen LogP contribution in [0, 0.1) is 6.92 Å². The highest BCUT2D eigenvalue weighted by atomic mass is 16.7. The summed E-state index contributed by atoms with van der Waals surface area (Å²) in [5.74, 6) is -0.403. The molecule has 1 aromatic heterocycles. The Bertz CT molecular complexity index is 570. The van der Waals surface area contributed by atoms with Crippen molar-refractivity contribution >= 4 is 5.91 Å². The van der Waals surface area contributed by atoms with Gasteiger partial charge >= 0.3 is 0 Å². The van der Waals surface area contributed by atoms with Gasteiger partial charge in [0.1, 0.15) is 24.4 Å². The quantitative estimate of drug-likeness (QED) is 0.346. The van der Waals surface area contributed by atoms with Crippen molar-refractivity contribution in [2.45, 2.75) is 51.0 Å². The van der Waals surface area contributed by atoms with Gasteiger partial charge in [-0.25, -0.2) is 4.68 Å². The van der Waals surface area contributed by atoms with Gasteiger partial charge in [-0.3, -0.25) is 4.79 Å². The molecule has 5 unspecified atom stereocenters. The number of aryl methyl sites for hydroxylation is 1. The zero-order valence-electron chi connectivity index (χ0n) is 14.8. The Kier molecular flexibility index (Phi) is 7.87. The molecule has 1 fully saturated rings. The molecule has 148 valence electrons. The number of carbonyl (C=O) groups excluding carboxylic acids is 1. The van der Waals surface area contributed by atoms with Crippen LogP contribution in [0.4, 0.5) is 0 Å². The molecule has 11 heteroatoms. The van der Waals surface area contributed by atoms with Crippen molar-refractivity contribution in [3.8, 4) is 0 Å². The van der Waals surface area contributed by atoms with E-state index in [1.165, 1.54) is 6.92 Å². The van der Waals surface area contributed by atoms with Gasteiger partial charge in [0.05, 0.1) is 38.7 Å². The summed E-state index contributed by atoms with van der Waals surface area (Å²) < 4.78 is 18.1. The summed E-state index contributed by atoms with van der Waals surface area (Å²) >= 11 is 0. The van der Waals surface area contributed by atoms with Crippen molar-refractivity contribution in [1.29, 1.82) is 0 Å². The van der Waals surface area contributed by atoms with Gasteiger partial charge in [-0.2, -0.15) is 0 Å². The molecule has 11 nitrogen and oxygen atoms in total. The summed E-state index contributed by atoms with van der Waals surface area (Å²) in [5, 5.41) is 39.6. The lowest BCUT2D eigenvalue weighted by Crippen LogP contribution is -2.64. The lowest BCUT2D eigenvalue weighted by Gasteiger charge is -2.42. The van der Waals surface area contributed by atoms with Crippen LogP contribution < -0.4 is 5.32 Å². The molecule has 0 bridgehead atoms. The highest BCUT2D eigenvalue weighted by Gasteiger charge is 2.45. The minimum absolute atomic E-state index is 0.137. The van der Waals surface area contributed by atoms with Crippen LogP contribution in [0.3, 0.4) is 0 Å². The molecule has 0 spiro atoms. The highest BCUT2D eigenvalue weighted by molar-refractivity contribution is 5.73. The maximum atomic E-state index is 11.3. The largest absolute Gasteiger partial charge is 0.394 e. The van der Waals surface area contributed by atoms with Gasteiger partial charge in [-0.15, -0.1) is 5.10 Å². The zero-order chi connectivity index (χ0) is 19.1. The van der Waals surface area contributed by atoms with Crippen molar-refractivity contribution in [3.63, 3.8) is 0 Å². The molecule has 1 aliphatic heterocycles. The number of nitrogens with one attached hydrogen (secondary N) is 1. The molecule has 0 aliphatic carbocycles. The highest BCUT2D eigenvalue weighted by Crippen LogP contribution is 2.22. The standard InChI is InChI=1S/C15H26N4O7/c1-9-7-19(18-17-9)3-4-24-5-6-25-15-12(16-10(2)21)14(23)13(22)11(8-20)26-15/h7,11-15,20,22-23H,3-6,8H2,1-2H3,(H,16,21). The SMILES string of the molecule is CC(=O)NC1C(OCCOCCn2cc(C)nn2)OC(CO)C(O)C1O. The summed E-state index contributed by atoms with van der Waals surface area (Å²) in [6, 6.07) is -0.955. The van der Waals surface area contributed by atoms with E-state index < -0.39 is 43.2 Å². The Morgan fingerprint density at radius 2 is 2.12 bits per heavy atom. The van der Waals surface area contributed by atoms with Gasteiger partial charge in [0, 0.05) is 13.1 Å². The second-order valence-electron chi connectivity index (χ2n) is 6.04. The normalized spacial score (nSPS) is 28.9. The molecule has 0 aromatic carbocycles. The predicted octanol–water partition coefficient (Wildman–Crippen LogP) is -2.44. The van der Waals surface area contributed by atoms with Gasteiger partial charge in [-0.1, -0.05) is 5.21 Å². The average molecular weight is 374 g/mol. The second kappa shape index (κ2) is 9.90. The third kappa shape index (κ3) is 5.69. The Balaban J connectivity index is 1.76.